The predicted octanol–water partition coefficient (Wildman–Crippen LogP) is 2.67. The second kappa shape index (κ2) is 6.71. The standard InChI is InChI=1S/C15H15NO5/c1-20-15-6-5-13(16(18)19)8-12(15)10-21-14-4-2-3-11(7-14)9-17/h2-8,17H,9-10H2,1H3. The van der Waals surface area contributed by atoms with Crippen LogP contribution in [0.15, 0.2) is 42.5 Å². The SMILES string of the molecule is COc1ccc([N+](=O)[O-])cc1COc1cccc(CO)c1. The van der Waals surface area contributed by atoms with Crippen molar-refractivity contribution in [3.63, 3.8) is 0 Å². The summed E-state index contributed by atoms with van der Waals surface area (Å²) in [4.78, 5) is 10.3. The number of benzene rings is 2. The molecule has 0 bridgehead atoms. The van der Waals surface area contributed by atoms with Gasteiger partial charge in [-0.1, -0.05) is 12.1 Å². The fourth-order valence-electron chi connectivity index (χ4n) is 1.89. The van der Waals surface area contributed by atoms with Crippen LogP contribution in [0.25, 0.3) is 0 Å². The Bertz CT molecular complexity index is 642. The largest absolute Gasteiger partial charge is 0.496 e. The molecule has 0 aromatic heterocycles. The number of non-ortho nitro benzene ring substituents is 1. The van der Waals surface area contributed by atoms with Crippen molar-refractivity contribution in [3.8, 4) is 11.5 Å². The van der Waals surface area contributed by atoms with Crippen LogP contribution in [-0.2, 0) is 13.2 Å². The van der Waals surface area contributed by atoms with E-state index in [9.17, 15) is 10.1 Å². The Morgan fingerprint density at radius 1 is 1.24 bits per heavy atom. The van der Waals surface area contributed by atoms with E-state index in [0.29, 0.717) is 17.1 Å². The molecule has 0 atom stereocenters. The third-order valence-corrected chi connectivity index (χ3v) is 2.95. The molecule has 0 aliphatic heterocycles. The zero-order chi connectivity index (χ0) is 15.2. The van der Waals surface area contributed by atoms with Crippen LogP contribution in [0.5, 0.6) is 11.5 Å². The third kappa shape index (κ3) is 3.70. The van der Waals surface area contributed by atoms with E-state index in [1.807, 2.05) is 0 Å². The molecule has 0 heterocycles. The van der Waals surface area contributed by atoms with Crippen LogP contribution >= 0.6 is 0 Å². The number of methoxy groups -OCH3 is 1. The molecule has 2 aromatic rings. The quantitative estimate of drug-likeness (QED) is 0.653. The number of rotatable bonds is 6. The molecule has 0 saturated carbocycles. The predicted molar refractivity (Wildman–Crippen MR) is 76.3 cm³/mol. The molecule has 2 rings (SSSR count). The maximum Gasteiger partial charge on any atom is 0.270 e. The topological polar surface area (TPSA) is 81.8 Å². The van der Waals surface area contributed by atoms with Crippen molar-refractivity contribution in [2.45, 2.75) is 13.2 Å². The molecule has 2 aromatic carbocycles. The normalized spacial score (nSPS) is 10.2. The molecule has 0 saturated heterocycles. The van der Waals surface area contributed by atoms with E-state index in [1.165, 1.54) is 19.2 Å². The van der Waals surface area contributed by atoms with Crippen LogP contribution in [0.4, 0.5) is 5.69 Å². The highest BCUT2D eigenvalue weighted by molar-refractivity contribution is 5.43. The van der Waals surface area contributed by atoms with Crippen LogP contribution in [-0.4, -0.2) is 17.1 Å². The Labute approximate surface area is 121 Å². The van der Waals surface area contributed by atoms with Gasteiger partial charge in [-0.2, -0.15) is 0 Å². The summed E-state index contributed by atoms with van der Waals surface area (Å²) in [5, 5.41) is 19.9. The lowest BCUT2D eigenvalue weighted by molar-refractivity contribution is -0.385. The number of aliphatic hydroxyl groups excluding tert-OH is 1. The molecule has 110 valence electrons. The Morgan fingerprint density at radius 2 is 2.05 bits per heavy atom. The lowest BCUT2D eigenvalue weighted by Crippen LogP contribution is -2.00. The van der Waals surface area contributed by atoms with Gasteiger partial charge in [0, 0.05) is 17.7 Å². The van der Waals surface area contributed by atoms with Crippen molar-refractivity contribution in [3.05, 3.63) is 63.7 Å². The number of hydrogen-bond acceptors (Lipinski definition) is 5. The van der Waals surface area contributed by atoms with Crippen LogP contribution in [0.1, 0.15) is 11.1 Å². The van der Waals surface area contributed by atoms with Gasteiger partial charge in [0.1, 0.15) is 18.1 Å². The van der Waals surface area contributed by atoms with Gasteiger partial charge < -0.3 is 14.6 Å². The molecule has 0 fully saturated rings. The minimum Gasteiger partial charge on any atom is -0.496 e. The van der Waals surface area contributed by atoms with Gasteiger partial charge in [0.05, 0.1) is 18.6 Å². The highest BCUT2D eigenvalue weighted by Gasteiger charge is 2.12. The summed E-state index contributed by atoms with van der Waals surface area (Å²) < 4.78 is 10.8. The maximum atomic E-state index is 10.8. The first-order valence-corrected chi connectivity index (χ1v) is 6.28. The molecule has 0 aliphatic rings. The van der Waals surface area contributed by atoms with E-state index < -0.39 is 4.92 Å². The van der Waals surface area contributed by atoms with Gasteiger partial charge >= 0.3 is 0 Å². The van der Waals surface area contributed by atoms with Gasteiger partial charge in [-0.3, -0.25) is 10.1 Å². The van der Waals surface area contributed by atoms with Gasteiger partial charge in [0.15, 0.2) is 0 Å². The number of ether oxygens (including phenoxy) is 2. The molecular weight excluding hydrogens is 274 g/mol. The highest BCUT2D eigenvalue weighted by Crippen LogP contribution is 2.25. The Balaban J connectivity index is 2.17. The van der Waals surface area contributed by atoms with E-state index in [4.69, 9.17) is 14.6 Å². The van der Waals surface area contributed by atoms with Gasteiger partial charge in [0.25, 0.3) is 5.69 Å². The molecule has 0 spiro atoms. The van der Waals surface area contributed by atoms with Crippen molar-refractivity contribution in [2.75, 3.05) is 7.11 Å². The first-order chi connectivity index (χ1) is 10.1. The highest BCUT2D eigenvalue weighted by atomic mass is 16.6. The summed E-state index contributed by atoms with van der Waals surface area (Å²) in [6.07, 6.45) is 0. The zero-order valence-electron chi connectivity index (χ0n) is 11.5. The maximum absolute atomic E-state index is 10.8. The zero-order valence-corrected chi connectivity index (χ0v) is 11.5. The van der Waals surface area contributed by atoms with Gasteiger partial charge in [0.2, 0.25) is 0 Å². The molecule has 0 amide bonds. The lowest BCUT2D eigenvalue weighted by Gasteiger charge is -2.10. The van der Waals surface area contributed by atoms with Crippen LogP contribution in [0.2, 0.25) is 0 Å². The summed E-state index contributed by atoms with van der Waals surface area (Å²) in [5.74, 6) is 1.11. The van der Waals surface area contributed by atoms with E-state index >= 15 is 0 Å². The van der Waals surface area contributed by atoms with E-state index in [-0.39, 0.29) is 18.9 Å². The minimum absolute atomic E-state index is 0.0153. The molecule has 0 aliphatic carbocycles. The summed E-state index contributed by atoms with van der Waals surface area (Å²) in [7, 11) is 1.50. The van der Waals surface area contributed by atoms with Crippen molar-refractivity contribution in [1.29, 1.82) is 0 Å². The minimum atomic E-state index is -0.463. The van der Waals surface area contributed by atoms with E-state index in [0.717, 1.165) is 5.56 Å². The van der Waals surface area contributed by atoms with Crippen LogP contribution in [0, 0.1) is 10.1 Å². The van der Waals surface area contributed by atoms with E-state index in [2.05, 4.69) is 0 Å². The third-order valence-electron chi connectivity index (χ3n) is 2.95. The second-order valence-electron chi connectivity index (χ2n) is 4.35. The molecule has 0 radical (unpaired) electrons. The average Bonchev–Trinajstić information content (AvgIpc) is 2.52. The molecule has 21 heavy (non-hydrogen) atoms. The first-order valence-electron chi connectivity index (χ1n) is 6.28. The number of aliphatic hydroxyl groups is 1. The Kier molecular flexibility index (Phi) is 4.73. The Morgan fingerprint density at radius 3 is 2.71 bits per heavy atom. The molecular formula is C15H15NO5. The van der Waals surface area contributed by atoms with Crippen molar-refractivity contribution in [2.24, 2.45) is 0 Å². The number of nitrogens with zero attached hydrogens (tertiary/aromatic N) is 1. The van der Waals surface area contributed by atoms with Crippen molar-refractivity contribution < 1.29 is 19.5 Å². The van der Waals surface area contributed by atoms with Crippen molar-refractivity contribution in [1.82, 2.24) is 0 Å². The first kappa shape index (κ1) is 14.8. The number of nitro benzene ring substituents is 1. The van der Waals surface area contributed by atoms with Crippen LogP contribution < -0.4 is 9.47 Å². The molecule has 6 heteroatoms. The smallest absolute Gasteiger partial charge is 0.270 e. The van der Waals surface area contributed by atoms with Gasteiger partial charge in [-0.05, 0) is 23.8 Å². The summed E-state index contributed by atoms with van der Waals surface area (Å²) in [6.45, 7) is 0.0665. The van der Waals surface area contributed by atoms with Gasteiger partial charge in [-0.15, -0.1) is 0 Å². The number of nitro groups is 1. The van der Waals surface area contributed by atoms with Crippen molar-refractivity contribution >= 4 is 5.69 Å². The molecule has 6 nitrogen and oxygen atoms in total. The second-order valence-corrected chi connectivity index (χ2v) is 4.35. The Hall–Kier alpha value is -2.60. The van der Waals surface area contributed by atoms with Gasteiger partial charge in [-0.25, -0.2) is 0 Å². The summed E-state index contributed by atoms with van der Waals surface area (Å²) in [5.41, 5.74) is 1.30. The monoisotopic (exact) mass is 289 g/mol. The number of hydrogen-bond donors (Lipinski definition) is 1. The summed E-state index contributed by atoms with van der Waals surface area (Å²) >= 11 is 0. The average molecular weight is 289 g/mol. The van der Waals surface area contributed by atoms with Crippen LogP contribution in [0.3, 0.4) is 0 Å². The summed E-state index contributed by atoms with van der Waals surface area (Å²) in [6, 6.07) is 11.4. The molecule has 0 unspecified atom stereocenters. The fraction of sp³-hybridized carbons (Fsp3) is 0.200. The lowest BCUT2D eigenvalue weighted by atomic mass is 10.2. The fourth-order valence-corrected chi connectivity index (χ4v) is 1.89. The van der Waals surface area contributed by atoms with E-state index in [1.54, 1.807) is 30.3 Å². The molecule has 1 N–H and O–H groups in total.